The van der Waals surface area contributed by atoms with Crippen molar-refractivity contribution >= 4 is 84.4 Å². The number of thiol groups is 2. The number of primary amides is 1. The molecule has 9 amide bonds. The van der Waals surface area contributed by atoms with Crippen LogP contribution < -0.4 is 54.0 Å². The Kier molecular flexibility index (Phi) is 24.4. The fourth-order valence-electron chi connectivity index (χ4n) is 6.10. The monoisotopic (exact) mass is 978 g/mol. The van der Waals surface area contributed by atoms with E-state index in [0.29, 0.717) is 11.3 Å². The number of rotatable bonds is 29. The number of H-pyrrole nitrogens is 1. The Morgan fingerprint density at radius 3 is 1.82 bits per heavy atom. The molecule has 24 nitrogen and oxygen atoms in total. The number of aliphatic hydroxyl groups is 1. The molecule has 1 heterocycles. The van der Waals surface area contributed by atoms with Crippen LogP contribution in [0, 0.1) is 5.92 Å². The molecule has 0 aliphatic carbocycles. The minimum absolute atomic E-state index is 0.0161. The molecule has 1 aromatic carbocycles. The van der Waals surface area contributed by atoms with E-state index >= 15 is 0 Å². The van der Waals surface area contributed by atoms with Gasteiger partial charge in [-0.25, -0.2) is 9.78 Å². The van der Waals surface area contributed by atoms with E-state index in [1.54, 1.807) is 30.3 Å². The molecule has 0 saturated carbocycles. The lowest BCUT2D eigenvalue weighted by Gasteiger charge is -2.27. The number of nitrogens with zero attached hydrogens (tertiary/aromatic N) is 1. The maximum absolute atomic E-state index is 13.9. The Morgan fingerprint density at radius 1 is 0.687 bits per heavy atom. The summed E-state index contributed by atoms with van der Waals surface area (Å²) in [5.74, 6) is -9.53. The maximum atomic E-state index is 13.9. The average Bonchev–Trinajstić information content (AvgIpc) is 3.79. The molecule has 67 heavy (non-hydrogen) atoms. The van der Waals surface area contributed by atoms with E-state index in [1.807, 2.05) is 13.8 Å². The molecule has 0 unspecified atom stereocenters. The molecule has 26 heteroatoms. The molecule has 0 saturated heterocycles. The van der Waals surface area contributed by atoms with Crippen LogP contribution in [0.3, 0.4) is 0 Å². The topological polar surface area (TPSA) is 388 Å². The summed E-state index contributed by atoms with van der Waals surface area (Å²) in [7, 11) is 0. The number of nitrogens with one attached hydrogen (secondary N) is 9. The van der Waals surface area contributed by atoms with Gasteiger partial charge in [0, 0.05) is 42.7 Å². The van der Waals surface area contributed by atoms with Crippen LogP contribution in [0.5, 0.6) is 0 Å². The van der Waals surface area contributed by atoms with Crippen molar-refractivity contribution in [2.24, 2.45) is 17.4 Å². The van der Waals surface area contributed by atoms with Crippen molar-refractivity contribution in [2.75, 3.05) is 18.1 Å². The lowest BCUT2D eigenvalue weighted by atomic mass is 10.0. The van der Waals surface area contributed by atoms with Crippen LogP contribution in [-0.4, -0.2) is 152 Å². The highest BCUT2D eigenvalue weighted by molar-refractivity contribution is 7.80. The van der Waals surface area contributed by atoms with Crippen molar-refractivity contribution in [2.45, 2.75) is 114 Å². The van der Waals surface area contributed by atoms with Crippen molar-refractivity contribution in [3.63, 3.8) is 0 Å². The number of aliphatic hydroxyl groups excluding tert-OH is 1. The predicted octanol–water partition coefficient (Wildman–Crippen LogP) is -4.31. The van der Waals surface area contributed by atoms with Crippen LogP contribution in [0.25, 0.3) is 0 Å². The Hall–Kier alpha value is -6.25. The number of imidazole rings is 1. The predicted molar refractivity (Wildman–Crippen MR) is 248 cm³/mol. The van der Waals surface area contributed by atoms with E-state index in [4.69, 9.17) is 11.5 Å². The summed E-state index contributed by atoms with van der Waals surface area (Å²) in [5.41, 5.74) is 12.0. The molecule has 2 aromatic rings. The first-order valence-corrected chi connectivity index (χ1v) is 22.4. The maximum Gasteiger partial charge on any atom is 0.327 e. The molecule has 2 rings (SSSR count). The Bertz CT molecular complexity index is 2010. The molecular weight excluding hydrogens is 917 g/mol. The van der Waals surface area contributed by atoms with Gasteiger partial charge in [0.2, 0.25) is 53.2 Å². The van der Waals surface area contributed by atoms with Gasteiger partial charge in [-0.3, -0.25) is 43.2 Å². The lowest BCUT2D eigenvalue weighted by molar-refractivity contribution is -0.142. The minimum Gasteiger partial charge on any atom is -0.480 e. The summed E-state index contributed by atoms with van der Waals surface area (Å²) in [6.45, 7) is 5.43. The van der Waals surface area contributed by atoms with Crippen LogP contribution in [-0.2, 0) is 60.8 Å². The van der Waals surface area contributed by atoms with Crippen LogP contribution in [0.2, 0.25) is 0 Å². The largest absolute Gasteiger partial charge is 0.480 e. The standard InChI is InChI=1S/C41H62N12O12S2/c1-20(2)12-27(50-35(58)25(42)17-66)36(59)45-16-32(56)48-26(10-11-31(43)55)37(60)51-29(14-24-15-44-19-46-24)38(61)47-21(3)34(57)49-28(13-23-8-6-5-7-9-23)39(62)53-33(22(4)54)40(63)52-30(18-67)41(64)65/h5-9,15,19-22,25-30,33,54,66-67H,10-14,16-18,42H2,1-4H3,(H2,43,55)(H,44,46)(H,45,59)(H,47,61)(H,48,56)(H,49,57)(H,50,58)(H,51,60)(H,52,63)(H,53,62)(H,64,65)/t21-,22+,25-,26-,27-,28-,29-,30-,33-/m0/s1. The van der Waals surface area contributed by atoms with Gasteiger partial charge in [0.05, 0.1) is 25.0 Å². The zero-order chi connectivity index (χ0) is 50.4. The van der Waals surface area contributed by atoms with Gasteiger partial charge in [0.25, 0.3) is 0 Å². The number of aromatic amines is 1. The van der Waals surface area contributed by atoms with Crippen molar-refractivity contribution in [3.8, 4) is 0 Å². The van der Waals surface area contributed by atoms with Crippen molar-refractivity contribution in [3.05, 3.63) is 54.1 Å². The van der Waals surface area contributed by atoms with Gasteiger partial charge in [-0.1, -0.05) is 44.2 Å². The van der Waals surface area contributed by atoms with Gasteiger partial charge in [-0.15, -0.1) is 0 Å². The number of aromatic nitrogens is 2. The van der Waals surface area contributed by atoms with Gasteiger partial charge in [0.15, 0.2) is 0 Å². The number of carbonyl (C=O) groups excluding carboxylic acids is 9. The minimum atomic E-state index is -1.66. The summed E-state index contributed by atoms with van der Waals surface area (Å²) in [5, 5.41) is 39.2. The third-order valence-corrected chi connectivity index (χ3v) is 10.5. The number of hydrogen-bond acceptors (Lipinski definition) is 15. The number of carboxylic acids is 1. The quantitative estimate of drug-likeness (QED) is 0.0343. The number of hydrogen-bond donors (Lipinski definition) is 15. The molecule has 1 aromatic heterocycles. The molecule has 0 radical (unpaired) electrons. The molecule has 0 aliphatic rings. The van der Waals surface area contributed by atoms with Crippen LogP contribution in [0.15, 0.2) is 42.9 Å². The summed E-state index contributed by atoms with van der Waals surface area (Å²) in [6, 6.07) is -2.52. The smallest absolute Gasteiger partial charge is 0.327 e. The molecule has 15 N–H and O–H groups in total. The third kappa shape index (κ3) is 20.4. The normalized spacial score (nSPS) is 15.1. The first-order valence-electron chi connectivity index (χ1n) is 21.1. The van der Waals surface area contributed by atoms with Crippen molar-refractivity contribution in [1.82, 2.24) is 52.5 Å². The third-order valence-electron chi connectivity index (χ3n) is 9.77. The number of nitrogens with two attached hydrogens (primary N) is 2. The van der Waals surface area contributed by atoms with Crippen LogP contribution in [0.1, 0.15) is 58.2 Å². The van der Waals surface area contributed by atoms with E-state index in [9.17, 15) is 58.2 Å². The van der Waals surface area contributed by atoms with E-state index in [-0.39, 0.29) is 49.5 Å². The fraction of sp³-hybridized carbons (Fsp3) is 0.537. The molecule has 0 aliphatic heterocycles. The molecule has 0 fully saturated rings. The van der Waals surface area contributed by atoms with E-state index in [0.717, 1.165) is 0 Å². The van der Waals surface area contributed by atoms with Gasteiger partial charge in [0.1, 0.15) is 42.3 Å². The van der Waals surface area contributed by atoms with Crippen molar-refractivity contribution in [1.29, 1.82) is 0 Å². The first kappa shape index (κ1) is 56.9. The van der Waals surface area contributed by atoms with Crippen LogP contribution >= 0.6 is 25.3 Å². The highest BCUT2D eigenvalue weighted by atomic mass is 32.1. The molecule has 370 valence electrons. The number of amides is 9. The summed E-state index contributed by atoms with van der Waals surface area (Å²) in [4.78, 5) is 137. The van der Waals surface area contributed by atoms with Gasteiger partial charge < -0.3 is 69.2 Å². The fourth-order valence-corrected chi connectivity index (χ4v) is 6.51. The highest BCUT2D eigenvalue weighted by Crippen LogP contribution is 2.09. The second-order valence-corrected chi connectivity index (χ2v) is 16.7. The zero-order valence-corrected chi connectivity index (χ0v) is 39.2. The first-order chi connectivity index (χ1) is 31.6. The SMILES string of the molecule is CC(C)C[C@H](NC(=O)[C@@H](N)CS)C(=O)NCC(=O)N[C@@H](CCC(N)=O)C(=O)N[C@@H](Cc1cnc[nH]1)C(=O)N[C@@H](C)C(=O)N[C@@H](Cc1ccccc1)C(=O)N[C@H](C(=O)N[C@@H](CS)C(=O)O)[C@@H](C)O. The molecule has 9 atom stereocenters. The van der Waals surface area contributed by atoms with E-state index < -0.39 is 120 Å². The second-order valence-electron chi connectivity index (χ2n) is 16.0. The van der Waals surface area contributed by atoms with Crippen LogP contribution in [0.4, 0.5) is 0 Å². The van der Waals surface area contributed by atoms with E-state index in [2.05, 4.69) is 77.8 Å². The number of benzene rings is 1. The Morgan fingerprint density at radius 2 is 1.27 bits per heavy atom. The second kappa shape index (κ2) is 28.7. The number of carbonyl (C=O) groups is 10. The van der Waals surface area contributed by atoms with Crippen molar-refractivity contribution < 1.29 is 58.2 Å². The summed E-state index contributed by atoms with van der Waals surface area (Å²) >= 11 is 7.91. The van der Waals surface area contributed by atoms with Gasteiger partial charge in [-0.2, -0.15) is 25.3 Å². The summed E-state index contributed by atoms with van der Waals surface area (Å²) in [6.07, 6.45) is 0.284. The van der Waals surface area contributed by atoms with Gasteiger partial charge >= 0.3 is 5.97 Å². The molecular formula is C41H62N12O12S2. The van der Waals surface area contributed by atoms with Gasteiger partial charge in [-0.05, 0) is 38.2 Å². The van der Waals surface area contributed by atoms with E-state index in [1.165, 1.54) is 26.4 Å². The number of carboxylic acid groups (broad SMARTS) is 1. The Balaban J connectivity index is 2.28. The highest BCUT2D eigenvalue weighted by Gasteiger charge is 2.34. The molecule has 0 spiro atoms. The zero-order valence-electron chi connectivity index (χ0n) is 37.4. The average molecular weight is 979 g/mol. The summed E-state index contributed by atoms with van der Waals surface area (Å²) < 4.78 is 0. The number of aliphatic carboxylic acids is 1. The Labute approximate surface area is 397 Å². The molecule has 0 bridgehead atoms. The lowest BCUT2D eigenvalue weighted by Crippen LogP contribution is -2.61.